The van der Waals surface area contributed by atoms with Crippen molar-refractivity contribution in [1.82, 2.24) is 0 Å². The molecular weight excluding hydrogens is 516 g/mol. The first-order valence-corrected chi connectivity index (χ1v) is 15.2. The van der Waals surface area contributed by atoms with Crippen molar-refractivity contribution in [2.24, 2.45) is 34.5 Å². The van der Waals surface area contributed by atoms with Gasteiger partial charge in [-0.25, -0.2) is 4.18 Å². The second kappa shape index (κ2) is 9.87. The summed E-state index contributed by atoms with van der Waals surface area (Å²) < 4.78 is 49.6. The summed E-state index contributed by atoms with van der Waals surface area (Å²) >= 11 is 0. The molecule has 0 aromatic carbocycles. The first-order valence-electron chi connectivity index (χ1n) is 13.9. The van der Waals surface area contributed by atoms with E-state index in [1.807, 2.05) is 0 Å². The number of rotatable bonds is 5. The highest BCUT2D eigenvalue weighted by atomic mass is 32.3. The van der Waals surface area contributed by atoms with Gasteiger partial charge in [-0.2, -0.15) is 8.42 Å². The van der Waals surface area contributed by atoms with Crippen LogP contribution in [0, 0.1) is 34.5 Å². The van der Waals surface area contributed by atoms with Crippen LogP contribution in [-0.4, -0.2) is 77.0 Å². The van der Waals surface area contributed by atoms with E-state index in [4.69, 9.17) is 13.7 Å². The highest BCUT2D eigenvalue weighted by molar-refractivity contribution is 7.80. The molecule has 12 unspecified atom stereocenters. The van der Waals surface area contributed by atoms with E-state index in [0.717, 1.165) is 19.3 Å². The lowest BCUT2D eigenvalue weighted by Gasteiger charge is -2.59. The van der Waals surface area contributed by atoms with Gasteiger partial charge in [0, 0.05) is 5.92 Å². The molecule has 10 nitrogen and oxygen atoms in total. The van der Waals surface area contributed by atoms with E-state index in [9.17, 15) is 33.1 Å². The summed E-state index contributed by atoms with van der Waals surface area (Å²) in [5.41, 5.74) is 0.841. The van der Waals surface area contributed by atoms with E-state index < -0.39 is 53.3 Å². The number of aliphatic hydroxyl groups excluding tert-OH is 3. The van der Waals surface area contributed by atoms with E-state index in [-0.39, 0.29) is 40.3 Å². The Balaban J connectivity index is 1.49. The average Bonchev–Trinajstić information content (AvgIpc) is 3.18. The summed E-state index contributed by atoms with van der Waals surface area (Å²) in [7, 11) is -4.63. The van der Waals surface area contributed by atoms with Crippen molar-refractivity contribution in [3.63, 3.8) is 0 Å². The van der Waals surface area contributed by atoms with Crippen molar-refractivity contribution >= 4 is 16.2 Å². The second-order valence-corrected chi connectivity index (χ2v) is 13.9. The van der Waals surface area contributed by atoms with Gasteiger partial charge >= 0.3 is 10.4 Å². The number of carbonyl (C=O) groups excluding carboxylic acids is 1. The number of Topliss-reactive ketones (excluding diaryl/α,β-unsaturated/α-hetero) is 1. The van der Waals surface area contributed by atoms with Gasteiger partial charge in [0.15, 0.2) is 6.29 Å². The molecular formula is C27H42O10S. The zero-order chi connectivity index (χ0) is 27.8. The van der Waals surface area contributed by atoms with E-state index in [1.165, 1.54) is 5.57 Å². The average molecular weight is 559 g/mol. The van der Waals surface area contributed by atoms with Gasteiger partial charge in [-0.3, -0.25) is 9.35 Å². The van der Waals surface area contributed by atoms with Crippen molar-refractivity contribution in [3.05, 3.63) is 11.6 Å². The lowest BCUT2D eigenvalue weighted by Crippen LogP contribution is -2.60. The first kappa shape index (κ1) is 28.6. The molecule has 0 spiro atoms. The van der Waals surface area contributed by atoms with Gasteiger partial charge in [0.25, 0.3) is 0 Å². The molecule has 216 valence electrons. The lowest BCUT2D eigenvalue weighted by atomic mass is 9.48. The molecule has 38 heavy (non-hydrogen) atoms. The molecule has 0 radical (unpaired) electrons. The van der Waals surface area contributed by atoms with Crippen molar-refractivity contribution in [3.8, 4) is 0 Å². The van der Waals surface area contributed by atoms with Gasteiger partial charge in [0.05, 0.1) is 18.3 Å². The number of hydrogen-bond acceptors (Lipinski definition) is 9. The van der Waals surface area contributed by atoms with Crippen LogP contribution in [0.1, 0.15) is 72.6 Å². The summed E-state index contributed by atoms with van der Waals surface area (Å²) in [4.78, 5) is 12.5. The van der Waals surface area contributed by atoms with Crippen molar-refractivity contribution in [2.45, 2.75) is 116 Å². The Kier molecular flexibility index (Phi) is 7.43. The normalized spacial score (nSPS) is 50.9. The lowest BCUT2D eigenvalue weighted by molar-refractivity contribution is -0.315. The Hall–Kier alpha value is -0.920. The Morgan fingerprint density at radius 1 is 1.05 bits per heavy atom. The largest absolute Gasteiger partial charge is 0.397 e. The number of carbonyl (C=O) groups is 1. The van der Waals surface area contributed by atoms with Gasteiger partial charge in [0.1, 0.15) is 24.1 Å². The molecule has 0 amide bonds. The van der Waals surface area contributed by atoms with Crippen LogP contribution in [0.3, 0.4) is 0 Å². The highest BCUT2D eigenvalue weighted by Gasteiger charge is 2.61. The van der Waals surface area contributed by atoms with Crippen LogP contribution >= 0.6 is 0 Å². The number of allylic oxidation sites excluding steroid dienone is 2. The minimum absolute atomic E-state index is 0.00933. The topological polar surface area (TPSA) is 160 Å². The number of aliphatic hydroxyl groups is 3. The van der Waals surface area contributed by atoms with Crippen LogP contribution in [0.4, 0.5) is 0 Å². The molecule has 0 aromatic heterocycles. The molecule has 5 aliphatic rings. The highest BCUT2D eigenvalue weighted by Crippen LogP contribution is 2.66. The Bertz CT molecular complexity index is 1080. The fourth-order valence-electron chi connectivity index (χ4n) is 8.88. The minimum atomic E-state index is -4.63. The fourth-order valence-corrected chi connectivity index (χ4v) is 9.40. The second-order valence-electron chi connectivity index (χ2n) is 12.9. The summed E-state index contributed by atoms with van der Waals surface area (Å²) in [6.07, 6.45) is -0.320. The monoisotopic (exact) mass is 558 g/mol. The molecule has 4 aliphatic carbocycles. The Labute approximate surface area is 224 Å². The van der Waals surface area contributed by atoms with Crippen LogP contribution in [0.2, 0.25) is 0 Å². The number of ketones is 1. The van der Waals surface area contributed by atoms with Gasteiger partial charge < -0.3 is 24.8 Å². The van der Waals surface area contributed by atoms with Crippen molar-refractivity contribution in [2.75, 3.05) is 0 Å². The van der Waals surface area contributed by atoms with Crippen molar-refractivity contribution < 1.29 is 46.7 Å². The van der Waals surface area contributed by atoms with Gasteiger partial charge in [0.2, 0.25) is 0 Å². The fraction of sp³-hybridized carbons (Fsp3) is 0.889. The molecule has 1 aliphatic heterocycles. The Morgan fingerprint density at radius 2 is 1.76 bits per heavy atom. The summed E-state index contributed by atoms with van der Waals surface area (Å²) in [6.45, 7) is 7.68. The third kappa shape index (κ3) is 4.70. The molecule has 5 rings (SSSR count). The molecule has 0 aromatic rings. The molecule has 11 heteroatoms. The van der Waals surface area contributed by atoms with Crippen LogP contribution in [0.15, 0.2) is 11.6 Å². The molecule has 4 fully saturated rings. The van der Waals surface area contributed by atoms with E-state index in [1.54, 1.807) is 13.8 Å². The summed E-state index contributed by atoms with van der Waals surface area (Å²) in [6, 6.07) is 0. The number of hydrogen-bond donors (Lipinski definition) is 4. The van der Waals surface area contributed by atoms with Crippen LogP contribution in [0.25, 0.3) is 0 Å². The maximum atomic E-state index is 12.5. The van der Waals surface area contributed by atoms with Crippen LogP contribution in [-0.2, 0) is 28.9 Å². The zero-order valence-electron chi connectivity index (χ0n) is 22.5. The molecule has 4 N–H and O–H groups in total. The maximum Gasteiger partial charge on any atom is 0.397 e. The predicted octanol–water partition coefficient (Wildman–Crippen LogP) is 2.17. The summed E-state index contributed by atoms with van der Waals surface area (Å²) in [5, 5.41) is 31.2. The molecule has 1 heterocycles. The molecule has 0 bridgehead atoms. The number of fused-ring (bicyclic) bond motifs is 5. The van der Waals surface area contributed by atoms with Gasteiger partial charge in [-0.05, 0) is 87.4 Å². The van der Waals surface area contributed by atoms with Gasteiger partial charge in [-0.15, -0.1) is 0 Å². The van der Waals surface area contributed by atoms with E-state index in [0.29, 0.717) is 25.7 Å². The van der Waals surface area contributed by atoms with E-state index in [2.05, 4.69) is 19.9 Å². The molecule has 1 saturated heterocycles. The van der Waals surface area contributed by atoms with Crippen LogP contribution in [0.5, 0.6) is 0 Å². The third-order valence-electron chi connectivity index (χ3n) is 10.8. The zero-order valence-corrected chi connectivity index (χ0v) is 23.3. The smallest absolute Gasteiger partial charge is 0.388 e. The quantitative estimate of drug-likeness (QED) is 0.291. The Morgan fingerprint density at radius 3 is 2.42 bits per heavy atom. The van der Waals surface area contributed by atoms with Crippen molar-refractivity contribution in [1.29, 1.82) is 0 Å². The number of ether oxygens (including phenoxy) is 2. The maximum absolute atomic E-state index is 12.5. The first-order chi connectivity index (χ1) is 17.7. The summed E-state index contributed by atoms with van der Waals surface area (Å²) in [5.74, 6) is 0.473. The SMILES string of the molecule is CC(=O)C1CCC2C3C[C@H](OC4OC(C)C(O)C(O)C4O)C4CC(OS(=O)(=O)O)CCC4(C)C3=CCC12C. The van der Waals surface area contributed by atoms with Gasteiger partial charge in [-0.1, -0.05) is 25.5 Å². The van der Waals surface area contributed by atoms with Crippen LogP contribution < -0.4 is 0 Å². The minimum Gasteiger partial charge on any atom is -0.388 e. The third-order valence-corrected chi connectivity index (χ3v) is 11.4. The molecule has 3 saturated carbocycles. The standard InChI is InChI=1S/C27H42O10S/c1-13(28)17-5-6-18-16-12-21(36-25-24(31)23(30)22(29)14(2)35-25)20-11-15(37-38(32,33)34)7-9-27(20,4)19(16)8-10-26(17,18)3/h8,14-18,20-25,29-31H,5-7,9-12H2,1-4H3,(H,32,33,34)/t14?,15?,16?,17?,18?,20?,21-,22?,23?,24?,25?,26?,27?/m0/s1. The predicted molar refractivity (Wildman–Crippen MR) is 135 cm³/mol. The molecule has 13 atom stereocenters. The van der Waals surface area contributed by atoms with E-state index >= 15 is 0 Å².